The number of aryl methyl sites for hydroxylation is 2. The van der Waals surface area contributed by atoms with Gasteiger partial charge in [0.2, 0.25) is 23.6 Å². The number of amides is 4. The monoisotopic (exact) mass is 1070 g/mol. The molecule has 2 aliphatic rings. The van der Waals surface area contributed by atoms with E-state index in [1.165, 1.54) is 23.5 Å². The maximum Gasteiger partial charge on any atom is 0.326 e. The van der Waals surface area contributed by atoms with Crippen LogP contribution in [0, 0.1) is 0 Å². The molecule has 392 valence electrons. The highest BCUT2D eigenvalue weighted by Gasteiger charge is 2.33. The smallest absolute Gasteiger partial charge is 0.326 e. The first kappa shape index (κ1) is 57.8. The SMILES string of the molecule is CSCC[C@H](NC(=O)CN(Cc1ccccc1Cl)C[C@@H]1CCCN1C(=O)CCc1cnc[nH]1)C(=O)O.CSCC[C@H](NC(=O)CN(Cc1ccccc1Cl)C[C@@H]1CCCN1C(=O)CCc1cnc[nH]1)C(=O)O. The molecule has 4 atom stereocenters. The van der Waals surface area contributed by atoms with Gasteiger partial charge in [-0.15, -0.1) is 0 Å². The Kier molecular flexibility index (Phi) is 24.7. The lowest BCUT2D eigenvalue weighted by molar-refractivity contribution is -0.142. The molecule has 0 spiro atoms. The number of aromatic nitrogens is 4. The Morgan fingerprint density at radius 2 is 1.08 bits per heavy atom. The van der Waals surface area contributed by atoms with Crippen LogP contribution in [0.25, 0.3) is 0 Å². The Balaban J connectivity index is 0.000000267. The Morgan fingerprint density at radius 1 is 0.681 bits per heavy atom. The molecule has 4 heterocycles. The van der Waals surface area contributed by atoms with Crippen LogP contribution in [0.3, 0.4) is 0 Å². The zero-order valence-electron chi connectivity index (χ0n) is 41.0. The van der Waals surface area contributed by atoms with Crippen molar-refractivity contribution >= 4 is 82.3 Å². The first-order valence-corrected chi connectivity index (χ1v) is 27.8. The summed E-state index contributed by atoms with van der Waals surface area (Å²) in [7, 11) is 0. The van der Waals surface area contributed by atoms with Crippen molar-refractivity contribution in [3.05, 3.63) is 106 Å². The minimum Gasteiger partial charge on any atom is -0.480 e. The van der Waals surface area contributed by atoms with Gasteiger partial charge in [0, 0.05) is 98.0 Å². The zero-order chi connectivity index (χ0) is 51.8. The van der Waals surface area contributed by atoms with Crippen molar-refractivity contribution < 1.29 is 39.0 Å². The average molecular weight is 1070 g/mol. The zero-order valence-corrected chi connectivity index (χ0v) is 44.1. The number of nitrogens with zero attached hydrogens (tertiary/aromatic N) is 6. The molecule has 4 amide bonds. The molecule has 2 aromatic heterocycles. The lowest BCUT2D eigenvalue weighted by Gasteiger charge is -2.31. The van der Waals surface area contributed by atoms with E-state index in [1.54, 1.807) is 37.2 Å². The molecule has 22 heteroatoms. The van der Waals surface area contributed by atoms with Crippen LogP contribution < -0.4 is 10.6 Å². The highest BCUT2D eigenvalue weighted by Crippen LogP contribution is 2.25. The third-order valence-electron chi connectivity index (χ3n) is 12.6. The summed E-state index contributed by atoms with van der Waals surface area (Å²) in [5.74, 6) is -1.36. The van der Waals surface area contributed by atoms with Gasteiger partial charge < -0.3 is 40.6 Å². The van der Waals surface area contributed by atoms with Gasteiger partial charge in [-0.1, -0.05) is 59.6 Å². The number of benzene rings is 2. The van der Waals surface area contributed by atoms with Gasteiger partial charge in [0.15, 0.2) is 0 Å². The van der Waals surface area contributed by atoms with E-state index >= 15 is 0 Å². The minimum atomic E-state index is -1.04. The number of carbonyl (C=O) groups is 6. The maximum atomic E-state index is 13.0. The van der Waals surface area contributed by atoms with Crippen molar-refractivity contribution in [2.45, 2.75) is 101 Å². The van der Waals surface area contributed by atoms with Crippen molar-refractivity contribution in [1.29, 1.82) is 0 Å². The number of nitrogens with one attached hydrogen (secondary N) is 4. The topological polar surface area (TPSA) is 237 Å². The number of rotatable bonds is 28. The molecule has 2 fully saturated rings. The number of thioether (sulfide) groups is 2. The molecule has 2 saturated heterocycles. The predicted molar refractivity (Wildman–Crippen MR) is 282 cm³/mol. The van der Waals surface area contributed by atoms with Crippen LogP contribution in [-0.4, -0.2) is 173 Å². The first-order chi connectivity index (χ1) is 34.7. The van der Waals surface area contributed by atoms with Gasteiger partial charge in [-0.3, -0.25) is 29.0 Å². The van der Waals surface area contributed by atoms with E-state index in [2.05, 4.69) is 30.6 Å². The molecule has 6 rings (SSSR count). The molecule has 2 aromatic carbocycles. The number of carboxylic acids is 2. The van der Waals surface area contributed by atoms with E-state index in [-0.39, 0.29) is 48.8 Å². The van der Waals surface area contributed by atoms with Crippen LogP contribution in [0.4, 0.5) is 0 Å². The number of carboxylic acid groups (broad SMARTS) is 2. The number of halogens is 2. The third kappa shape index (κ3) is 19.4. The van der Waals surface area contributed by atoms with Crippen molar-refractivity contribution in [3.8, 4) is 0 Å². The van der Waals surface area contributed by atoms with Crippen LogP contribution in [0.5, 0.6) is 0 Å². The van der Waals surface area contributed by atoms with Crippen LogP contribution >= 0.6 is 46.7 Å². The van der Waals surface area contributed by atoms with Crippen LogP contribution in [0.15, 0.2) is 73.6 Å². The fraction of sp³-hybridized carbons (Fsp3) is 0.520. The van der Waals surface area contributed by atoms with E-state index in [4.69, 9.17) is 23.2 Å². The highest BCUT2D eigenvalue weighted by molar-refractivity contribution is 7.98. The molecule has 4 aromatic rings. The number of carbonyl (C=O) groups excluding carboxylic acids is 4. The summed E-state index contributed by atoms with van der Waals surface area (Å²) in [6.07, 6.45) is 16.6. The lowest BCUT2D eigenvalue weighted by Crippen LogP contribution is -2.49. The Morgan fingerprint density at radius 3 is 1.43 bits per heavy atom. The molecule has 6 N–H and O–H groups in total. The van der Waals surface area contributed by atoms with Gasteiger partial charge in [-0.05, 0) is 98.6 Å². The van der Waals surface area contributed by atoms with Gasteiger partial charge in [-0.2, -0.15) is 23.5 Å². The van der Waals surface area contributed by atoms with Crippen LogP contribution in [-0.2, 0) is 54.7 Å². The molecule has 0 saturated carbocycles. The quantitative estimate of drug-likeness (QED) is 0.0405. The van der Waals surface area contributed by atoms with E-state index in [1.807, 2.05) is 68.5 Å². The predicted octanol–water partition coefficient (Wildman–Crippen LogP) is 5.62. The molecule has 72 heavy (non-hydrogen) atoms. The average Bonchev–Trinajstić information content (AvgIpc) is 4.22. The summed E-state index contributed by atoms with van der Waals surface area (Å²) in [5, 5.41) is 25.5. The van der Waals surface area contributed by atoms with Crippen molar-refractivity contribution in [3.63, 3.8) is 0 Å². The summed E-state index contributed by atoms with van der Waals surface area (Å²) in [4.78, 5) is 96.7. The number of H-pyrrole nitrogens is 2. The minimum absolute atomic E-state index is 0.0148. The van der Waals surface area contributed by atoms with Gasteiger partial charge in [-0.25, -0.2) is 19.6 Å². The second-order valence-electron chi connectivity index (χ2n) is 17.9. The summed E-state index contributed by atoms with van der Waals surface area (Å²) in [5.41, 5.74) is 3.59. The number of hydrogen-bond acceptors (Lipinski definition) is 12. The lowest BCUT2D eigenvalue weighted by atomic mass is 10.1. The number of likely N-dealkylation sites (tertiary alicyclic amines) is 2. The van der Waals surface area contributed by atoms with Crippen molar-refractivity contribution in [2.24, 2.45) is 0 Å². The summed E-state index contributed by atoms with van der Waals surface area (Å²) in [6, 6.07) is 13.0. The molecular formula is C50H68Cl2N10O8S2. The Hall–Kier alpha value is -5.12. The standard InChI is InChI=1S/2C25H34ClN5O4S/c2*1-36-12-10-22(25(34)35)29-23(32)16-30(14-18-5-2-3-7-21(18)26)15-20-6-4-11-31(20)24(33)9-8-19-13-27-17-28-19/h2*2-3,5,7,13,17,20,22H,4,6,8-12,14-16H2,1H3,(H,27,28)(H,29,32)(H,34,35)/t2*20-,22-/m00/s1. The van der Waals surface area contributed by atoms with Gasteiger partial charge in [0.05, 0.1) is 25.7 Å². The molecule has 18 nitrogen and oxygen atoms in total. The van der Waals surface area contributed by atoms with Crippen LogP contribution in [0.1, 0.15) is 73.9 Å². The third-order valence-corrected chi connectivity index (χ3v) is 14.6. The molecular weight excluding hydrogens is 1000 g/mol. The first-order valence-electron chi connectivity index (χ1n) is 24.2. The molecule has 0 bridgehead atoms. The summed E-state index contributed by atoms with van der Waals surface area (Å²) in [6.45, 7) is 3.24. The summed E-state index contributed by atoms with van der Waals surface area (Å²) >= 11 is 15.9. The fourth-order valence-electron chi connectivity index (χ4n) is 8.89. The van der Waals surface area contributed by atoms with Crippen molar-refractivity contribution in [2.75, 3.05) is 63.3 Å². The van der Waals surface area contributed by atoms with E-state index in [0.29, 0.717) is 99.3 Å². The second kappa shape index (κ2) is 30.8. The molecule has 2 aliphatic heterocycles. The number of aromatic amines is 2. The van der Waals surface area contributed by atoms with Gasteiger partial charge in [0.25, 0.3) is 0 Å². The molecule has 0 unspecified atom stereocenters. The fourth-order valence-corrected chi connectivity index (χ4v) is 10.2. The highest BCUT2D eigenvalue weighted by atomic mass is 35.5. The molecule has 0 aliphatic carbocycles. The number of aliphatic carboxylic acids is 2. The van der Waals surface area contributed by atoms with Crippen molar-refractivity contribution in [1.82, 2.24) is 50.2 Å². The van der Waals surface area contributed by atoms with E-state index in [0.717, 1.165) is 48.2 Å². The largest absolute Gasteiger partial charge is 0.480 e. The number of imidazole rings is 2. The van der Waals surface area contributed by atoms with E-state index in [9.17, 15) is 39.0 Å². The van der Waals surface area contributed by atoms with Gasteiger partial charge >= 0.3 is 11.9 Å². The maximum absolute atomic E-state index is 13.0. The summed E-state index contributed by atoms with van der Waals surface area (Å²) < 4.78 is 0. The normalized spacial score (nSPS) is 16.3. The Labute approximate surface area is 440 Å². The number of hydrogen-bond donors (Lipinski definition) is 6. The molecule has 0 radical (unpaired) electrons. The van der Waals surface area contributed by atoms with Gasteiger partial charge in [0.1, 0.15) is 12.1 Å². The van der Waals surface area contributed by atoms with Crippen LogP contribution in [0.2, 0.25) is 10.0 Å². The Bertz CT molecular complexity index is 2170. The second-order valence-corrected chi connectivity index (χ2v) is 20.7. The van der Waals surface area contributed by atoms with E-state index < -0.39 is 24.0 Å².